The second-order valence-electron chi connectivity index (χ2n) is 3.55. The van der Waals surface area contributed by atoms with Crippen LogP contribution in [0.2, 0.25) is 0 Å². The van der Waals surface area contributed by atoms with Crippen LogP contribution in [0.5, 0.6) is 0 Å². The molecule has 0 amide bonds. The maximum absolute atomic E-state index is 12.9. The quantitative estimate of drug-likeness (QED) is 0.810. The fourth-order valence-corrected chi connectivity index (χ4v) is 2.33. The van der Waals surface area contributed by atoms with E-state index in [4.69, 9.17) is 5.26 Å². The van der Waals surface area contributed by atoms with Crippen LogP contribution in [0.4, 0.5) is 10.1 Å². The Bertz CT molecular complexity index is 552. The molecule has 98 valence electrons. The summed E-state index contributed by atoms with van der Waals surface area (Å²) in [5, 5.41) is 11.6. The monoisotopic (exact) mass is 271 g/mol. The summed E-state index contributed by atoms with van der Waals surface area (Å²) in [5.74, 6) is -0.610. The number of rotatable bonds is 6. The summed E-state index contributed by atoms with van der Waals surface area (Å²) in [6.07, 6.45) is 0. The molecule has 2 N–H and O–H groups in total. The van der Waals surface area contributed by atoms with Gasteiger partial charge in [-0.25, -0.2) is 17.5 Å². The van der Waals surface area contributed by atoms with Gasteiger partial charge in [0, 0.05) is 13.1 Å². The Morgan fingerprint density at radius 1 is 1.44 bits per heavy atom. The Morgan fingerprint density at radius 2 is 2.17 bits per heavy atom. The molecule has 18 heavy (non-hydrogen) atoms. The number of nitrogens with zero attached hydrogens (tertiary/aromatic N) is 1. The summed E-state index contributed by atoms with van der Waals surface area (Å²) in [5.41, 5.74) is 0.571. The molecule has 0 aromatic heterocycles. The molecule has 7 heteroatoms. The van der Waals surface area contributed by atoms with Gasteiger partial charge in [0.15, 0.2) is 0 Å². The van der Waals surface area contributed by atoms with E-state index in [1.807, 2.05) is 6.07 Å². The molecule has 0 atom stereocenters. The summed E-state index contributed by atoms with van der Waals surface area (Å²) < 4.78 is 37.9. The lowest BCUT2D eigenvalue weighted by atomic mass is 10.2. The van der Waals surface area contributed by atoms with Gasteiger partial charge in [0.05, 0.1) is 17.0 Å². The number of anilines is 1. The maximum atomic E-state index is 12.9. The highest BCUT2D eigenvalue weighted by Gasteiger charge is 2.09. The van der Waals surface area contributed by atoms with Crippen molar-refractivity contribution < 1.29 is 12.8 Å². The molecule has 0 spiro atoms. The second-order valence-corrected chi connectivity index (χ2v) is 5.47. The first kappa shape index (κ1) is 14.4. The minimum Gasteiger partial charge on any atom is -0.383 e. The van der Waals surface area contributed by atoms with Crippen molar-refractivity contribution >= 4 is 15.7 Å². The molecular weight excluding hydrogens is 257 g/mol. The van der Waals surface area contributed by atoms with Crippen molar-refractivity contribution in [3.63, 3.8) is 0 Å². The molecule has 0 fully saturated rings. The number of nitrogens with one attached hydrogen (secondary N) is 2. The molecule has 0 aliphatic carbocycles. The number of sulfonamides is 1. The van der Waals surface area contributed by atoms with E-state index in [2.05, 4.69) is 10.0 Å². The molecule has 0 unspecified atom stereocenters. The molecule has 0 aliphatic rings. The molecule has 0 saturated heterocycles. The van der Waals surface area contributed by atoms with Gasteiger partial charge < -0.3 is 5.32 Å². The van der Waals surface area contributed by atoms with Crippen LogP contribution in [0.3, 0.4) is 0 Å². The fraction of sp³-hybridized carbons (Fsp3) is 0.364. The first-order valence-corrected chi connectivity index (χ1v) is 7.04. The third kappa shape index (κ3) is 4.31. The molecule has 0 radical (unpaired) electrons. The molecule has 0 bridgehead atoms. The van der Waals surface area contributed by atoms with Crippen LogP contribution in [-0.2, 0) is 10.0 Å². The highest BCUT2D eigenvalue weighted by atomic mass is 32.2. The summed E-state index contributed by atoms with van der Waals surface area (Å²) in [4.78, 5) is 0. The minimum absolute atomic E-state index is 0.108. The van der Waals surface area contributed by atoms with Crippen molar-refractivity contribution in [3.05, 3.63) is 29.6 Å². The summed E-state index contributed by atoms with van der Waals surface area (Å²) in [7, 11) is -3.30. The lowest BCUT2D eigenvalue weighted by molar-refractivity contribution is 0.584. The Balaban J connectivity index is 2.63. The predicted octanol–water partition coefficient (Wildman–Crippen LogP) is 1.05. The molecule has 0 aliphatic heterocycles. The van der Waals surface area contributed by atoms with Gasteiger partial charge in [-0.05, 0) is 18.2 Å². The third-order valence-electron chi connectivity index (χ3n) is 2.15. The average Bonchev–Trinajstić information content (AvgIpc) is 2.30. The minimum atomic E-state index is -3.30. The van der Waals surface area contributed by atoms with Crippen molar-refractivity contribution in [1.82, 2.24) is 4.72 Å². The van der Waals surface area contributed by atoms with Crippen molar-refractivity contribution in [2.75, 3.05) is 24.2 Å². The Morgan fingerprint density at radius 3 is 2.78 bits per heavy atom. The highest BCUT2D eigenvalue weighted by molar-refractivity contribution is 7.89. The van der Waals surface area contributed by atoms with E-state index in [-0.39, 0.29) is 17.9 Å². The van der Waals surface area contributed by atoms with E-state index < -0.39 is 15.8 Å². The van der Waals surface area contributed by atoms with Crippen molar-refractivity contribution in [1.29, 1.82) is 5.26 Å². The molecule has 0 heterocycles. The number of benzene rings is 1. The van der Waals surface area contributed by atoms with Crippen molar-refractivity contribution in [3.8, 4) is 6.07 Å². The van der Waals surface area contributed by atoms with E-state index in [1.54, 1.807) is 6.92 Å². The van der Waals surface area contributed by atoms with Crippen LogP contribution in [0, 0.1) is 17.1 Å². The number of halogens is 1. The smallest absolute Gasteiger partial charge is 0.213 e. The summed E-state index contributed by atoms with van der Waals surface area (Å²) in [6.45, 7) is 2.18. The normalized spacial score (nSPS) is 10.9. The third-order valence-corrected chi connectivity index (χ3v) is 3.62. The van der Waals surface area contributed by atoms with Crippen molar-refractivity contribution in [2.45, 2.75) is 6.92 Å². The standard InChI is InChI=1S/C11H14FN3O2S/c1-2-15-18(16,17)6-5-14-11-4-3-10(12)7-9(11)8-13/h3-4,7,14-15H,2,5-6H2,1H3. The van der Waals surface area contributed by atoms with Crippen LogP contribution < -0.4 is 10.0 Å². The summed E-state index contributed by atoms with van der Waals surface area (Å²) in [6, 6.07) is 5.56. The van der Waals surface area contributed by atoms with Gasteiger partial charge in [0.2, 0.25) is 10.0 Å². The molecule has 1 aromatic carbocycles. The van der Waals surface area contributed by atoms with Gasteiger partial charge in [0.25, 0.3) is 0 Å². The lowest BCUT2D eigenvalue weighted by Crippen LogP contribution is -2.29. The Hall–Kier alpha value is -1.65. The summed E-state index contributed by atoms with van der Waals surface area (Å²) >= 11 is 0. The van der Waals surface area contributed by atoms with Gasteiger partial charge >= 0.3 is 0 Å². The maximum Gasteiger partial charge on any atom is 0.213 e. The first-order valence-electron chi connectivity index (χ1n) is 5.39. The zero-order valence-electron chi connectivity index (χ0n) is 9.90. The Kier molecular flexibility index (Phi) is 5.07. The van der Waals surface area contributed by atoms with Crippen LogP contribution in [0.25, 0.3) is 0 Å². The molecule has 1 aromatic rings. The number of nitriles is 1. The predicted molar refractivity (Wildman–Crippen MR) is 67.1 cm³/mol. The number of hydrogen-bond donors (Lipinski definition) is 2. The second kappa shape index (κ2) is 6.33. The highest BCUT2D eigenvalue weighted by Crippen LogP contribution is 2.15. The van der Waals surface area contributed by atoms with Gasteiger partial charge in [-0.1, -0.05) is 6.92 Å². The van der Waals surface area contributed by atoms with Crippen molar-refractivity contribution in [2.24, 2.45) is 0 Å². The molecule has 5 nitrogen and oxygen atoms in total. The van der Waals surface area contributed by atoms with E-state index in [9.17, 15) is 12.8 Å². The van der Waals surface area contributed by atoms with Gasteiger partial charge in [0.1, 0.15) is 11.9 Å². The molecule has 0 saturated carbocycles. The zero-order valence-corrected chi connectivity index (χ0v) is 10.7. The first-order chi connectivity index (χ1) is 8.48. The van der Waals surface area contributed by atoms with Crippen LogP contribution in [-0.4, -0.2) is 27.3 Å². The van der Waals surface area contributed by atoms with Crippen LogP contribution in [0.15, 0.2) is 18.2 Å². The zero-order chi connectivity index (χ0) is 13.6. The lowest BCUT2D eigenvalue weighted by Gasteiger charge is -2.08. The van der Waals surface area contributed by atoms with Gasteiger partial charge in [-0.3, -0.25) is 0 Å². The average molecular weight is 271 g/mol. The molecule has 1 rings (SSSR count). The fourth-order valence-electron chi connectivity index (χ4n) is 1.38. The van der Waals surface area contributed by atoms with Gasteiger partial charge in [-0.2, -0.15) is 5.26 Å². The SMILES string of the molecule is CCNS(=O)(=O)CCNc1ccc(F)cc1C#N. The van der Waals surface area contributed by atoms with Crippen LogP contribution >= 0.6 is 0 Å². The number of hydrogen-bond acceptors (Lipinski definition) is 4. The largest absolute Gasteiger partial charge is 0.383 e. The Labute approximate surface area is 106 Å². The van der Waals surface area contributed by atoms with E-state index in [0.717, 1.165) is 6.07 Å². The van der Waals surface area contributed by atoms with Crippen LogP contribution in [0.1, 0.15) is 12.5 Å². The van der Waals surface area contributed by atoms with Gasteiger partial charge in [-0.15, -0.1) is 0 Å². The molecular formula is C11H14FN3O2S. The van der Waals surface area contributed by atoms with E-state index in [1.165, 1.54) is 12.1 Å². The van der Waals surface area contributed by atoms with E-state index >= 15 is 0 Å². The topological polar surface area (TPSA) is 82.0 Å². The van der Waals surface area contributed by atoms with E-state index in [0.29, 0.717) is 12.2 Å².